The van der Waals surface area contributed by atoms with Gasteiger partial charge in [0.1, 0.15) is 5.69 Å². The Hall–Kier alpha value is -3.33. The molecule has 0 atom stereocenters. The molecule has 0 aliphatic carbocycles. The van der Waals surface area contributed by atoms with E-state index in [4.69, 9.17) is 11.6 Å². The maximum Gasteiger partial charge on any atom is 0.255 e. The number of piperazine rings is 1. The second-order valence-electron chi connectivity index (χ2n) is 7.40. The van der Waals surface area contributed by atoms with E-state index in [1.165, 1.54) is 0 Å². The molecule has 1 heterocycles. The molecule has 0 saturated carbocycles. The molecule has 0 radical (unpaired) electrons. The number of carbonyl (C=O) groups is 1. The van der Waals surface area contributed by atoms with Crippen LogP contribution in [0.15, 0.2) is 48.5 Å². The first kappa shape index (κ1) is 22.8. The third-order valence-corrected chi connectivity index (χ3v) is 5.59. The van der Waals surface area contributed by atoms with Crippen LogP contribution in [-0.4, -0.2) is 32.1 Å². The van der Waals surface area contributed by atoms with Crippen LogP contribution >= 0.6 is 11.6 Å². The standard InChI is InChI=1S/C23H17ClF5N3O/c24-14-3-1-2-13(12-14)23(33)30-15-4-6-16(7-5-15)31-8-10-32(11-9-31)22-20(28)18(26)17(25)19(27)21(22)29/h1-7,12H,8-11H2,(H,30,33). The molecule has 0 spiro atoms. The maximum absolute atomic E-state index is 14.1. The Labute approximate surface area is 191 Å². The topological polar surface area (TPSA) is 35.6 Å². The fourth-order valence-electron chi connectivity index (χ4n) is 3.65. The van der Waals surface area contributed by atoms with Crippen molar-refractivity contribution in [1.29, 1.82) is 0 Å². The zero-order valence-electron chi connectivity index (χ0n) is 17.0. The van der Waals surface area contributed by atoms with Crippen molar-refractivity contribution in [1.82, 2.24) is 0 Å². The fraction of sp³-hybridized carbons (Fsp3) is 0.174. The van der Waals surface area contributed by atoms with E-state index in [2.05, 4.69) is 5.32 Å². The van der Waals surface area contributed by atoms with Gasteiger partial charge in [0.25, 0.3) is 5.91 Å². The number of benzene rings is 3. The molecular weight excluding hydrogens is 465 g/mol. The molecule has 3 aromatic carbocycles. The second-order valence-corrected chi connectivity index (χ2v) is 7.84. The molecule has 1 aliphatic heterocycles. The van der Waals surface area contributed by atoms with E-state index in [9.17, 15) is 26.7 Å². The van der Waals surface area contributed by atoms with Crippen molar-refractivity contribution in [3.05, 3.63) is 88.2 Å². The Bertz CT molecular complexity index is 1170. The largest absolute Gasteiger partial charge is 0.368 e. The lowest BCUT2D eigenvalue weighted by Crippen LogP contribution is -2.47. The van der Waals surface area contributed by atoms with Gasteiger partial charge in [0.2, 0.25) is 5.82 Å². The quantitative estimate of drug-likeness (QED) is 0.299. The number of halogens is 6. The molecule has 0 bridgehead atoms. The summed E-state index contributed by atoms with van der Waals surface area (Å²) in [5.74, 6) is -10.1. The number of anilines is 3. The number of rotatable bonds is 4. The Kier molecular flexibility index (Phi) is 6.42. The molecule has 1 fully saturated rings. The van der Waals surface area contributed by atoms with Gasteiger partial charge >= 0.3 is 0 Å². The van der Waals surface area contributed by atoms with E-state index >= 15 is 0 Å². The van der Waals surface area contributed by atoms with Crippen LogP contribution in [-0.2, 0) is 0 Å². The SMILES string of the molecule is O=C(Nc1ccc(N2CCN(c3c(F)c(F)c(F)c(F)c3F)CC2)cc1)c1cccc(Cl)c1. The molecule has 33 heavy (non-hydrogen) atoms. The average molecular weight is 482 g/mol. The zero-order chi connectivity index (χ0) is 23.7. The van der Waals surface area contributed by atoms with Gasteiger partial charge in [0.05, 0.1) is 0 Å². The highest BCUT2D eigenvalue weighted by Gasteiger charge is 2.30. The molecule has 1 amide bonds. The van der Waals surface area contributed by atoms with E-state index in [1.807, 2.05) is 4.90 Å². The number of hydrogen-bond donors (Lipinski definition) is 1. The third kappa shape index (κ3) is 4.59. The summed E-state index contributed by atoms with van der Waals surface area (Å²) in [6.07, 6.45) is 0. The summed E-state index contributed by atoms with van der Waals surface area (Å²) in [5.41, 5.74) is 0.845. The number of nitrogens with zero attached hydrogens (tertiary/aromatic N) is 2. The van der Waals surface area contributed by atoms with Crippen LogP contribution in [0.5, 0.6) is 0 Å². The van der Waals surface area contributed by atoms with E-state index in [1.54, 1.807) is 48.5 Å². The monoisotopic (exact) mass is 481 g/mol. The first-order valence-corrected chi connectivity index (χ1v) is 10.3. The van der Waals surface area contributed by atoms with Crippen LogP contribution in [0.2, 0.25) is 5.02 Å². The van der Waals surface area contributed by atoms with E-state index < -0.39 is 34.8 Å². The van der Waals surface area contributed by atoms with Gasteiger partial charge in [-0.1, -0.05) is 17.7 Å². The van der Waals surface area contributed by atoms with Crippen molar-refractivity contribution in [3.8, 4) is 0 Å². The summed E-state index contributed by atoms with van der Waals surface area (Å²) in [7, 11) is 0. The summed E-state index contributed by atoms with van der Waals surface area (Å²) in [5, 5.41) is 3.21. The summed E-state index contributed by atoms with van der Waals surface area (Å²) < 4.78 is 68.5. The highest BCUT2D eigenvalue weighted by molar-refractivity contribution is 6.31. The predicted molar refractivity (Wildman–Crippen MR) is 117 cm³/mol. The summed E-state index contributed by atoms with van der Waals surface area (Å²) in [4.78, 5) is 15.4. The Balaban J connectivity index is 1.41. The number of hydrogen-bond acceptors (Lipinski definition) is 3. The molecule has 4 nitrogen and oxygen atoms in total. The van der Waals surface area contributed by atoms with E-state index in [0.717, 1.165) is 10.6 Å². The summed E-state index contributed by atoms with van der Waals surface area (Å²) in [6, 6.07) is 13.5. The Morgan fingerprint density at radius 3 is 1.88 bits per heavy atom. The van der Waals surface area contributed by atoms with Gasteiger partial charge in [-0.2, -0.15) is 0 Å². The van der Waals surface area contributed by atoms with Crippen molar-refractivity contribution in [2.24, 2.45) is 0 Å². The predicted octanol–water partition coefficient (Wildman–Crippen LogP) is 5.61. The third-order valence-electron chi connectivity index (χ3n) is 5.36. The van der Waals surface area contributed by atoms with Crippen LogP contribution in [0, 0.1) is 29.1 Å². The minimum atomic E-state index is -2.17. The molecule has 4 rings (SSSR count). The molecule has 172 valence electrons. The Morgan fingerprint density at radius 1 is 0.758 bits per heavy atom. The van der Waals surface area contributed by atoms with Crippen LogP contribution in [0.3, 0.4) is 0 Å². The first-order chi connectivity index (χ1) is 15.8. The molecule has 3 aromatic rings. The van der Waals surface area contributed by atoms with Gasteiger partial charge in [-0.05, 0) is 42.5 Å². The van der Waals surface area contributed by atoms with Crippen LogP contribution < -0.4 is 15.1 Å². The smallest absolute Gasteiger partial charge is 0.255 e. The van der Waals surface area contributed by atoms with Crippen molar-refractivity contribution in [3.63, 3.8) is 0 Å². The molecule has 1 N–H and O–H groups in total. The van der Waals surface area contributed by atoms with Crippen molar-refractivity contribution >= 4 is 34.6 Å². The minimum absolute atomic E-state index is 0.0611. The zero-order valence-corrected chi connectivity index (χ0v) is 17.8. The maximum atomic E-state index is 14.1. The Morgan fingerprint density at radius 2 is 1.30 bits per heavy atom. The molecule has 1 saturated heterocycles. The highest BCUT2D eigenvalue weighted by atomic mass is 35.5. The lowest BCUT2D eigenvalue weighted by molar-refractivity contribution is 0.102. The molecule has 10 heteroatoms. The van der Waals surface area contributed by atoms with Gasteiger partial charge in [-0.15, -0.1) is 0 Å². The van der Waals surface area contributed by atoms with Crippen molar-refractivity contribution in [2.45, 2.75) is 0 Å². The van der Waals surface area contributed by atoms with Crippen molar-refractivity contribution in [2.75, 3.05) is 41.3 Å². The van der Waals surface area contributed by atoms with E-state index in [-0.39, 0.29) is 19.0 Å². The highest BCUT2D eigenvalue weighted by Crippen LogP contribution is 2.31. The first-order valence-electron chi connectivity index (χ1n) is 9.94. The van der Waals surface area contributed by atoms with E-state index in [0.29, 0.717) is 29.4 Å². The normalized spacial score (nSPS) is 13.9. The van der Waals surface area contributed by atoms with Gasteiger partial charge in [0, 0.05) is 48.1 Å². The van der Waals surface area contributed by atoms with Gasteiger partial charge in [-0.3, -0.25) is 4.79 Å². The van der Waals surface area contributed by atoms with Gasteiger partial charge < -0.3 is 15.1 Å². The molecular formula is C23H17ClF5N3O. The number of nitrogens with one attached hydrogen (secondary N) is 1. The fourth-order valence-corrected chi connectivity index (χ4v) is 3.84. The lowest BCUT2D eigenvalue weighted by atomic mass is 10.1. The average Bonchev–Trinajstić information content (AvgIpc) is 2.82. The van der Waals surface area contributed by atoms with Crippen LogP contribution in [0.25, 0.3) is 0 Å². The summed E-state index contributed by atoms with van der Waals surface area (Å²) in [6.45, 7) is 0.721. The summed E-state index contributed by atoms with van der Waals surface area (Å²) >= 11 is 5.90. The van der Waals surface area contributed by atoms with Crippen LogP contribution in [0.1, 0.15) is 10.4 Å². The molecule has 0 aromatic heterocycles. The number of carbonyl (C=O) groups excluding carboxylic acids is 1. The van der Waals surface area contributed by atoms with Crippen molar-refractivity contribution < 1.29 is 26.7 Å². The lowest BCUT2D eigenvalue weighted by Gasteiger charge is -2.37. The molecule has 0 unspecified atom stereocenters. The van der Waals surface area contributed by atoms with Crippen LogP contribution in [0.4, 0.5) is 39.0 Å². The second kappa shape index (κ2) is 9.27. The van der Waals surface area contributed by atoms with Gasteiger partial charge in [0.15, 0.2) is 23.3 Å². The molecule has 1 aliphatic rings. The number of amides is 1. The van der Waals surface area contributed by atoms with Gasteiger partial charge in [-0.25, -0.2) is 22.0 Å². The minimum Gasteiger partial charge on any atom is -0.368 e.